The van der Waals surface area contributed by atoms with Gasteiger partial charge in [-0.2, -0.15) is 5.10 Å². The van der Waals surface area contributed by atoms with Gasteiger partial charge in [-0.3, -0.25) is 9.48 Å². The molecule has 0 spiro atoms. The quantitative estimate of drug-likeness (QED) is 0.696. The van der Waals surface area contributed by atoms with Gasteiger partial charge in [0.05, 0.1) is 18.2 Å². The summed E-state index contributed by atoms with van der Waals surface area (Å²) in [6.45, 7) is 1.48. The van der Waals surface area contributed by atoms with E-state index in [1.807, 2.05) is 55.8 Å². The van der Waals surface area contributed by atoms with Gasteiger partial charge in [-0.1, -0.05) is 60.7 Å². The largest absolute Gasteiger partial charge is 0.345 e. The van der Waals surface area contributed by atoms with Crippen molar-refractivity contribution in [2.45, 2.75) is 12.0 Å². The number of nitrogens with zero attached hydrogens (tertiary/aromatic N) is 2. The van der Waals surface area contributed by atoms with Gasteiger partial charge in [0.2, 0.25) is 5.91 Å². The highest BCUT2D eigenvalue weighted by Gasteiger charge is 2.35. The first kappa shape index (κ1) is 20.1. The Balaban J connectivity index is 0.00000225. The molecular formula is C22H25ClN4O. The number of carbonyl (C=O) groups is 1. The summed E-state index contributed by atoms with van der Waals surface area (Å²) in [5, 5.41) is 10.9. The first-order valence-corrected chi connectivity index (χ1v) is 9.32. The molecule has 1 aliphatic heterocycles. The van der Waals surface area contributed by atoms with Crippen molar-refractivity contribution >= 4 is 18.3 Å². The van der Waals surface area contributed by atoms with Crippen molar-refractivity contribution in [3.05, 3.63) is 89.7 Å². The molecule has 28 heavy (non-hydrogen) atoms. The Bertz CT molecular complexity index is 858. The molecule has 1 fully saturated rings. The molecule has 6 heteroatoms. The SMILES string of the molecule is Cl.Cn1cc([C@H]2CNC[C@@H]2C(=O)NC(c2ccccc2)c2ccccc2)cn1. The second-order valence-corrected chi connectivity index (χ2v) is 7.08. The maximum Gasteiger partial charge on any atom is 0.225 e. The fraction of sp³-hybridized carbons (Fsp3) is 0.273. The van der Waals surface area contributed by atoms with Crippen LogP contribution in [0.4, 0.5) is 0 Å². The van der Waals surface area contributed by atoms with Crippen LogP contribution in [-0.4, -0.2) is 28.8 Å². The second kappa shape index (κ2) is 9.04. The highest BCUT2D eigenvalue weighted by Crippen LogP contribution is 2.30. The Morgan fingerprint density at radius 2 is 1.68 bits per heavy atom. The molecule has 4 rings (SSSR count). The van der Waals surface area contributed by atoms with E-state index < -0.39 is 0 Å². The van der Waals surface area contributed by atoms with Gasteiger partial charge in [0.15, 0.2) is 0 Å². The van der Waals surface area contributed by atoms with E-state index in [2.05, 4.69) is 40.0 Å². The van der Waals surface area contributed by atoms with Gasteiger partial charge in [0.1, 0.15) is 0 Å². The minimum atomic E-state index is -0.157. The van der Waals surface area contributed by atoms with E-state index >= 15 is 0 Å². The molecule has 1 aromatic heterocycles. The number of rotatable bonds is 5. The molecule has 1 amide bonds. The van der Waals surface area contributed by atoms with E-state index in [1.165, 1.54) is 0 Å². The Kier molecular flexibility index (Phi) is 6.49. The maximum atomic E-state index is 13.2. The van der Waals surface area contributed by atoms with Crippen LogP contribution in [0.15, 0.2) is 73.1 Å². The molecule has 3 aromatic rings. The van der Waals surface area contributed by atoms with Crippen LogP contribution in [0.25, 0.3) is 0 Å². The van der Waals surface area contributed by atoms with Crippen molar-refractivity contribution in [2.24, 2.45) is 13.0 Å². The van der Waals surface area contributed by atoms with Crippen LogP contribution in [-0.2, 0) is 11.8 Å². The Labute approximate surface area is 171 Å². The summed E-state index contributed by atoms with van der Waals surface area (Å²) in [6, 6.07) is 20.1. The molecule has 2 N–H and O–H groups in total. The van der Waals surface area contributed by atoms with Crippen LogP contribution in [0, 0.1) is 5.92 Å². The average molecular weight is 397 g/mol. The van der Waals surface area contributed by atoms with Crippen molar-refractivity contribution in [3.63, 3.8) is 0 Å². The summed E-state index contributed by atoms with van der Waals surface area (Å²) in [6.07, 6.45) is 3.87. The molecule has 146 valence electrons. The molecule has 2 heterocycles. The first-order chi connectivity index (χ1) is 13.2. The predicted molar refractivity (Wildman–Crippen MR) is 112 cm³/mol. The summed E-state index contributed by atoms with van der Waals surface area (Å²) in [5.74, 6) is 0.113. The number of halogens is 1. The molecular weight excluding hydrogens is 372 g/mol. The zero-order valence-corrected chi connectivity index (χ0v) is 16.6. The number of aromatic nitrogens is 2. The van der Waals surface area contributed by atoms with Gasteiger partial charge in [0, 0.05) is 32.3 Å². The minimum absolute atomic E-state index is 0. The van der Waals surface area contributed by atoms with E-state index in [0.717, 1.165) is 23.2 Å². The van der Waals surface area contributed by atoms with Crippen molar-refractivity contribution < 1.29 is 4.79 Å². The second-order valence-electron chi connectivity index (χ2n) is 7.08. The number of nitrogens with one attached hydrogen (secondary N) is 2. The van der Waals surface area contributed by atoms with E-state index in [1.54, 1.807) is 4.68 Å². The molecule has 1 aliphatic rings. The van der Waals surface area contributed by atoms with Crippen molar-refractivity contribution in [1.29, 1.82) is 0 Å². The zero-order valence-electron chi connectivity index (χ0n) is 15.8. The summed E-state index contributed by atoms with van der Waals surface area (Å²) < 4.78 is 1.79. The number of aryl methyl sites for hydroxylation is 1. The molecule has 0 aliphatic carbocycles. The fourth-order valence-electron chi connectivity index (χ4n) is 3.84. The van der Waals surface area contributed by atoms with E-state index in [-0.39, 0.29) is 36.2 Å². The van der Waals surface area contributed by atoms with Crippen LogP contribution >= 0.6 is 12.4 Å². The van der Waals surface area contributed by atoms with Crippen LogP contribution in [0.1, 0.15) is 28.7 Å². The standard InChI is InChI=1S/C22H24N4O.ClH/c1-26-15-18(12-24-26)19-13-23-14-20(19)22(27)25-21(16-8-4-2-5-9-16)17-10-6-3-7-11-17;/h2-12,15,19-21,23H,13-14H2,1H3,(H,25,27);1H/t19-,20+;/m1./s1. The first-order valence-electron chi connectivity index (χ1n) is 9.32. The van der Waals surface area contributed by atoms with Gasteiger partial charge in [-0.15, -0.1) is 12.4 Å². The Morgan fingerprint density at radius 3 is 2.21 bits per heavy atom. The predicted octanol–water partition coefficient (Wildman–Crippen LogP) is 3.05. The zero-order chi connectivity index (χ0) is 18.6. The molecule has 0 bridgehead atoms. The van der Waals surface area contributed by atoms with Crippen LogP contribution in [0.5, 0.6) is 0 Å². The molecule has 2 aromatic carbocycles. The van der Waals surface area contributed by atoms with Crippen LogP contribution < -0.4 is 10.6 Å². The fourth-order valence-corrected chi connectivity index (χ4v) is 3.84. The lowest BCUT2D eigenvalue weighted by Gasteiger charge is -2.24. The Hall–Kier alpha value is -2.63. The molecule has 2 atom stereocenters. The summed E-state index contributed by atoms with van der Waals surface area (Å²) in [5.41, 5.74) is 3.28. The molecule has 0 unspecified atom stereocenters. The van der Waals surface area contributed by atoms with Gasteiger partial charge in [0.25, 0.3) is 0 Å². The normalized spacial score (nSPS) is 18.6. The summed E-state index contributed by atoms with van der Waals surface area (Å²) >= 11 is 0. The third-order valence-corrected chi connectivity index (χ3v) is 5.26. The third-order valence-electron chi connectivity index (χ3n) is 5.26. The van der Waals surface area contributed by atoms with Gasteiger partial charge < -0.3 is 10.6 Å². The summed E-state index contributed by atoms with van der Waals surface area (Å²) in [4.78, 5) is 13.2. The lowest BCUT2D eigenvalue weighted by Crippen LogP contribution is -2.37. The lowest BCUT2D eigenvalue weighted by atomic mass is 9.89. The maximum absolute atomic E-state index is 13.2. The number of hydrogen-bond donors (Lipinski definition) is 2. The van der Waals surface area contributed by atoms with E-state index in [9.17, 15) is 4.79 Å². The number of hydrogen-bond acceptors (Lipinski definition) is 3. The van der Waals surface area contributed by atoms with Gasteiger partial charge >= 0.3 is 0 Å². The topological polar surface area (TPSA) is 59.0 Å². The van der Waals surface area contributed by atoms with Crippen LogP contribution in [0.2, 0.25) is 0 Å². The lowest BCUT2D eigenvalue weighted by molar-refractivity contribution is -0.125. The monoisotopic (exact) mass is 396 g/mol. The Morgan fingerprint density at radius 1 is 1.07 bits per heavy atom. The highest BCUT2D eigenvalue weighted by molar-refractivity contribution is 5.85. The molecule has 0 radical (unpaired) electrons. The van der Waals surface area contributed by atoms with E-state index in [4.69, 9.17) is 0 Å². The molecule has 5 nitrogen and oxygen atoms in total. The number of carbonyl (C=O) groups excluding carboxylic acids is 1. The number of amides is 1. The molecule has 0 saturated carbocycles. The number of benzene rings is 2. The minimum Gasteiger partial charge on any atom is -0.345 e. The highest BCUT2D eigenvalue weighted by atomic mass is 35.5. The smallest absolute Gasteiger partial charge is 0.225 e. The van der Waals surface area contributed by atoms with Gasteiger partial charge in [-0.05, 0) is 16.7 Å². The van der Waals surface area contributed by atoms with Crippen molar-refractivity contribution in [1.82, 2.24) is 20.4 Å². The van der Waals surface area contributed by atoms with Crippen LogP contribution in [0.3, 0.4) is 0 Å². The molecule has 1 saturated heterocycles. The van der Waals surface area contributed by atoms with Gasteiger partial charge in [-0.25, -0.2) is 0 Å². The average Bonchev–Trinajstić information content (AvgIpc) is 3.36. The van der Waals surface area contributed by atoms with Crippen molar-refractivity contribution in [3.8, 4) is 0 Å². The summed E-state index contributed by atoms with van der Waals surface area (Å²) in [7, 11) is 1.90. The van der Waals surface area contributed by atoms with Crippen molar-refractivity contribution in [2.75, 3.05) is 13.1 Å². The van der Waals surface area contributed by atoms with E-state index in [0.29, 0.717) is 6.54 Å². The third kappa shape index (κ3) is 4.26.